The Morgan fingerprint density at radius 1 is 1.83 bits per heavy atom. The Bertz CT molecular complexity index is 57.5. The third kappa shape index (κ3) is 4.40. The van der Waals surface area contributed by atoms with Crippen molar-refractivity contribution >= 4 is 20.7 Å². The van der Waals surface area contributed by atoms with Crippen LogP contribution in [-0.2, 0) is 10.0 Å². The van der Waals surface area contributed by atoms with Crippen LogP contribution in [0.15, 0.2) is 0 Å². The van der Waals surface area contributed by atoms with Crippen LogP contribution >= 0.6 is 10.7 Å². The Kier molecular flexibility index (Phi) is 3.82. The maximum atomic E-state index is 9.84. The first-order valence-electron chi connectivity index (χ1n) is 1.52. The molecule has 0 rings (SSSR count). The predicted molar refractivity (Wildman–Crippen MR) is 27.9 cm³/mol. The summed E-state index contributed by atoms with van der Waals surface area (Å²) in [7, 11) is 3.75. The lowest BCUT2D eigenvalue weighted by Gasteiger charge is -1.80. The zero-order valence-corrected chi connectivity index (χ0v) is 4.76. The molecule has 4 heteroatoms. The molecule has 2 N–H and O–H groups in total. The molecule has 0 bridgehead atoms. The van der Waals surface area contributed by atoms with Crippen LogP contribution in [0.25, 0.3) is 0 Å². The zero-order chi connectivity index (χ0) is 4.99. The normalized spacial score (nSPS) is 14.3. The van der Waals surface area contributed by atoms with Gasteiger partial charge in [-0.2, -0.15) is 0 Å². The predicted octanol–water partition coefficient (Wildman–Crippen LogP) is -0.152. The molecular weight excluding hydrogens is 122 g/mol. The Morgan fingerprint density at radius 2 is 2.33 bits per heavy atom. The van der Waals surface area contributed by atoms with Crippen LogP contribution in [-0.4, -0.2) is 16.5 Å². The lowest BCUT2D eigenvalue weighted by Crippen LogP contribution is -2.05. The molecule has 0 aromatic rings. The van der Waals surface area contributed by atoms with Crippen LogP contribution in [0.5, 0.6) is 0 Å². The fourth-order valence-corrected chi connectivity index (χ4v) is 0.545. The Labute approximate surface area is 43.6 Å². The van der Waals surface area contributed by atoms with Crippen molar-refractivity contribution in [1.82, 2.24) is 0 Å². The van der Waals surface area contributed by atoms with E-state index in [0.717, 1.165) is 0 Å². The number of hydrogen-bond acceptors (Lipinski definition) is 2. The maximum absolute atomic E-state index is 9.84. The molecule has 0 fully saturated rings. The van der Waals surface area contributed by atoms with E-state index >= 15 is 0 Å². The van der Waals surface area contributed by atoms with Crippen LogP contribution in [0.1, 0.15) is 0 Å². The molecule has 0 amide bonds. The van der Waals surface area contributed by atoms with Gasteiger partial charge in [0.05, 0.1) is 5.75 Å². The smallest absolute Gasteiger partial charge is 0.116 e. The highest BCUT2D eigenvalue weighted by Crippen LogP contribution is 1.82. The highest BCUT2D eigenvalue weighted by atomic mass is 35.7. The van der Waals surface area contributed by atoms with E-state index in [4.69, 9.17) is 16.4 Å². The van der Waals surface area contributed by atoms with Crippen molar-refractivity contribution in [1.29, 1.82) is 0 Å². The summed E-state index contributed by atoms with van der Waals surface area (Å²) < 4.78 is 9.84. The lowest BCUT2D eigenvalue weighted by atomic mass is 10.8. The molecule has 2 nitrogen and oxygen atoms in total. The lowest BCUT2D eigenvalue weighted by molar-refractivity contribution is 0.691. The second-order valence-electron chi connectivity index (χ2n) is 0.783. The highest BCUT2D eigenvalue weighted by Gasteiger charge is 1.84. The van der Waals surface area contributed by atoms with E-state index in [-0.39, 0.29) is 0 Å². The number of rotatable bonds is 2. The van der Waals surface area contributed by atoms with Crippen LogP contribution in [0.4, 0.5) is 0 Å². The quantitative estimate of drug-likeness (QED) is 0.525. The van der Waals surface area contributed by atoms with Gasteiger partial charge in [0.25, 0.3) is 0 Å². The van der Waals surface area contributed by atoms with E-state index in [1.807, 2.05) is 0 Å². The van der Waals surface area contributed by atoms with Crippen LogP contribution < -0.4 is 5.73 Å². The molecule has 0 spiro atoms. The summed E-state index contributed by atoms with van der Waals surface area (Å²) in [6.45, 7) is 0.399. The number of nitrogens with two attached hydrogens (primary N) is 1. The molecular formula is C2H6ClNOS. The van der Waals surface area contributed by atoms with Crippen molar-refractivity contribution in [2.75, 3.05) is 12.3 Å². The van der Waals surface area contributed by atoms with E-state index in [9.17, 15) is 4.21 Å². The summed E-state index contributed by atoms with van der Waals surface area (Å²) in [5.74, 6) is 0.390. The van der Waals surface area contributed by atoms with E-state index in [2.05, 4.69) is 0 Å². The molecule has 0 aromatic heterocycles. The SMILES string of the molecule is NCCS(=O)Cl. The van der Waals surface area contributed by atoms with Gasteiger partial charge < -0.3 is 5.73 Å². The first-order chi connectivity index (χ1) is 2.77. The van der Waals surface area contributed by atoms with Gasteiger partial charge in [-0.1, -0.05) is 0 Å². The van der Waals surface area contributed by atoms with Crippen molar-refractivity contribution in [3.05, 3.63) is 0 Å². The molecule has 0 aliphatic carbocycles. The average Bonchev–Trinajstić information content (AvgIpc) is 1.35. The van der Waals surface area contributed by atoms with Crippen LogP contribution in [0, 0.1) is 0 Å². The molecule has 0 radical (unpaired) electrons. The Hall–Kier alpha value is 0.400. The molecule has 0 aliphatic heterocycles. The van der Waals surface area contributed by atoms with E-state index in [1.54, 1.807) is 0 Å². The van der Waals surface area contributed by atoms with E-state index < -0.39 is 10.0 Å². The van der Waals surface area contributed by atoms with Gasteiger partial charge in [-0.15, -0.1) is 0 Å². The van der Waals surface area contributed by atoms with Gasteiger partial charge in [0.2, 0.25) is 0 Å². The van der Waals surface area contributed by atoms with E-state index in [0.29, 0.717) is 12.3 Å². The Balaban J connectivity index is 2.83. The highest BCUT2D eigenvalue weighted by molar-refractivity contribution is 8.08. The summed E-state index contributed by atoms with van der Waals surface area (Å²) in [5, 5.41) is 0. The van der Waals surface area contributed by atoms with Crippen molar-refractivity contribution < 1.29 is 4.21 Å². The first-order valence-corrected chi connectivity index (χ1v) is 3.66. The zero-order valence-electron chi connectivity index (χ0n) is 3.19. The third-order valence-corrected chi connectivity index (χ3v) is 1.30. The largest absolute Gasteiger partial charge is 0.330 e. The minimum atomic E-state index is -1.22. The molecule has 0 saturated heterocycles. The average molecular weight is 128 g/mol. The molecule has 6 heavy (non-hydrogen) atoms. The summed E-state index contributed by atoms with van der Waals surface area (Å²) in [5.41, 5.74) is 4.95. The minimum Gasteiger partial charge on any atom is -0.330 e. The Morgan fingerprint density at radius 3 is 2.33 bits per heavy atom. The number of halogens is 1. The molecule has 1 atom stereocenters. The summed E-state index contributed by atoms with van der Waals surface area (Å²) >= 11 is 0. The van der Waals surface area contributed by atoms with Crippen molar-refractivity contribution in [3.63, 3.8) is 0 Å². The van der Waals surface area contributed by atoms with Gasteiger partial charge in [0, 0.05) is 6.54 Å². The topological polar surface area (TPSA) is 43.1 Å². The molecule has 38 valence electrons. The summed E-state index contributed by atoms with van der Waals surface area (Å²) in [6.07, 6.45) is 0. The number of hydrogen-bond donors (Lipinski definition) is 1. The summed E-state index contributed by atoms with van der Waals surface area (Å²) in [6, 6.07) is 0. The van der Waals surface area contributed by atoms with Crippen LogP contribution in [0.2, 0.25) is 0 Å². The minimum absolute atomic E-state index is 0.390. The van der Waals surface area contributed by atoms with Gasteiger partial charge in [-0.3, -0.25) is 0 Å². The van der Waals surface area contributed by atoms with Gasteiger partial charge in [-0.25, -0.2) is 4.21 Å². The van der Waals surface area contributed by atoms with Gasteiger partial charge in [0.1, 0.15) is 10.0 Å². The second kappa shape index (κ2) is 3.59. The van der Waals surface area contributed by atoms with Crippen LogP contribution in [0.3, 0.4) is 0 Å². The molecule has 0 aliphatic rings. The van der Waals surface area contributed by atoms with Gasteiger partial charge in [-0.05, 0) is 10.7 Å². The second-order valence-corrected chi connectivity index (χ2v) is 2.80. The third-order valence-electron chi connectivity index (χ3n) is 0.278. The van der Waals surface area contributed by atoms with Crippen molar-refractivity contribution in [2.45, 2.75) is 0 Å². The van der Waals surface area contributed by atoms with Crippen molar-refractivity contribution in [3.8, 4) is 0 Å². The maximum Gasteiger partial charge on any atom is 0.116 e. The molecule has 0 aromatic carbocycles. The summed E-state index contributed by atoms with van der Waals surface area (Å²) in [4.78, 5) is 0. The van der Waals surface area contributed by atoms with Crippen molar-refractivity contribution in [2.24, 2.45) is 5.73 Å². The van der Waals surface area contributed by atoms with Gasteiger partial charge >= 0.3 is 0 Å². The van der Waals surface area contributed by atoms with Gasteiger partial charge in [0.15, 0.2) is 0 Å². The first kappa shape index (κ1) is 6.40. The molecule has 0 heterocycles. The molecule has 1 unspecified atom stereocenters. The standard InChI is InChI=1S/C2H6ClNOS/c3-6(5)2-1-4/h1-2,4H2. The monoisotopic (exact) mass is 127 g/mol. The van der Waals surface area contributed by atoms with E-state index in [1.165, 1.54) is 0 Å². The fourth-order valence-electron chi connectivity index (χ4n) is 0.0927. The molecule has 0 saturated carbocycles. The fraction of sp³-hybridized carbons (Fsp3) is 1.00.